The van der Waals surface area contributed by atoms with Gasteiger partial charge in [-0.15, -0.1) is 0 Å². The van der Waals surface area contributed by atoms with E-state index in [9.17, 15) is 9.59 Å². The van der Waals surface area contributed by atoms with Crippen molar-refractivity contribution < 1.29 is 19.1 Å². The van der Waals surface area contributed by atoms with Gasteiger partial charge in [0.05, 0.1) is 18.6 Å². The van der Waals surface area contributed by atoms with Crippen molar-refractivity contribution >= 4 is 11.8 Å². The number of esters is 1. The standard InChI is InChI=1S/C32H48O4/c1-19-24(35-8)18-31(7)21-16-23(33)26-22-17-28(2,3)12-14-32(22,27(34)36-9)15-13-30(26,6)20(21)10-11-25(31)29(19,4)5/h16,20,22,24-26H,1,10-15,17-18H2,2-9H3/t20-,22+,24-,25+,26+,30+,31-,32+/m1/s1. The third-order valence-electron chi connectivity index (χ3n) is 12.5. The number of hydrogen-bond donors (Lipinski definition) is 0. The number of ketones is 1. The van der Waals surface area contributed by atoms with E-state index in [2.05, 4.69) is 54.2 Å². The Morgan fingerprint density at radius 3 is 2.28 bits per heavy atom. The molecule has 0 saturated heterocycles. The molecule has 0 bridgehead atoms. The number of methoxy groups -OCH3 is 2. The first kappa shape index (κ1) is 26.2. The lowest BCUT2D eigenvalue weighted by Gasteiger charge is -2.66. The van der Waals surface area contributed by atoms with Crippen molar-refractivity contribution in [3.63, 3.8) is 0 Å². The summed E-state index contributed by atoms with van der Waals surface area (Å²) in [5, 5.41) is 0. The molecule has 5 rings (SSSR count). The lowest BCUT2D eigenvalue weighted by molar-refractivity contribution is -0.184. The Morgan fingerprint density at radius 1 is 0.972 bits per heavy atom. The maximum absolute atomic E-state index is 14.3. The van der Waals surface area contributed by atoms with Crippen LogP contribution >= 0.6 is 0 Å². The molecule has 0 N–H and O–H groups in total. The van der Waals surface area contributed by atoms with Crippen molar-refractivity contribution in [3.8, 4) is 0 Å². The molecule has 0 amide bonds. The molecule has 0 radical (unpaired) electrons. The van der Waals surface area contributed by atoms with Gasteiger partial charge >= 0.3 is 5.97 Å². The van der Waals surface area contributed by atoms with Gasteiger partial charge in [-0.2, -0.15) is 0 Å². The molecule has 0 aliphatic heterocycles. The first-order valence-corrected chi connectivity index (χ1v) is 14.2. The lowest BCUT2D eigenvalue weighted by Crippen LogP contribution is -2.63. The van der Waals surface area contributed by atoms with Gasteiger partial charge in [-0.25, -0.2) is 0 Å². The Hall–Kier alpha value is -1.42. The number of allylic oxidation sites excluding steroid dienone is 2. The Bertz CT molecular complexity index is 1020. The maximum Gasteiger partial charge on any atom is 0.312 e. The second kappa shape index (κ2) is 8.04. The molecule has 8 atom stereocenters. The highest BCUT2D eigenvalue weighted by atomic mass is 16.5. The summed E-state index contributed by atoms with van der Waals surface area (Å²) in [5.41, 5.74) is 1.94. The van der Waals surface area contributed by atoms with Crippen molar-refractivity contribution in [1.82, 2.24) is 0 Å². The lowest BCUT2D eigenvalue weighted by atomic mass is 9.37. The molecule has 4 nitrogen and oxygen atoms in total. The van der Waals surface area contributed by atoms with Gasteiger partial charge in [-0.05, 0) is 102 Å². The smallest absolute Gasteiger partial charge is 0.312 e. The van der Waals surface area contributed by atoms with E-state index < -0.39 is 5.41 Å². The van der Waals surface area contributed by atoms with E-state index in [4.69, 9.17) is 9.47 Å². The summed E-state index contributed by atoms with van der Waals surface area (Å²) in [7, 11) is 3.32. The van der Waals surface area contributed by atoms with Crippen molar-refractivity contribution in [2.45, 2.75) is 99.0 Å². The zero-order valence-corrected chi connectivity index (χ0v) is 24.0. The molecule has 0 aromatic carbocycles. The third kappa shape index (κ3) is 3.28. The summed E-state index contributed by atoms with van der Waals surface area (Å²) in [6.45, 7) is 18.5. The first-order chi connectivity index (χ1) is 16.7. The van der Waals surface area contributed by atoms with Crippen LogP contribution in [0.2, 0.25) is 0 Å². The van der Waals surface area contributed by atoms with Gasteiger partial charge in [-0.3, -0.25) is 9.59 Å². The second-order valence-corrected chi connectivity index (χ2v) is 14.9. The fourth-order valence-electron chi connectivity index (χ4n) is 10.4. The highest BCUT2D eigenvalue weighted by Gasteiger charge is 2.68. The van der Waals surface area contributed by atoms with Crippen LogP contribution in [0.15, 0.2) is 23.8 Å². The van der Waals surface area contributed by atoms with Crippen LogP contribution in [0.25, 0.3) is 0 Å². The maximum atomic E-state index is 14.3. The predicted molar refractivity (Wildman–Crippen MR) is 142 cm³/mol. The van der Waals surface area contributed by atoms with Crippen LogP contribution in [0.5, 0.6) is 0 Å². The summed E-state index contributed by atoms with van der Waals surface area (Å²) >= 11 is 0. The van der Waals surface area contributed by atoms with Gasteiger partial charge < -0.3 is 9.47 Å². The van der Waals surface area contributed by atoms with Crippen LogP contribution in [0, 0.1) is 50.7 Å². The quantitative estimate of drug-likeness (QED) is 0.307. The van der Waals surface area contributed by atoms with Crippen LogP contribution in [0.1, 0.15) is 92.9 Å². The monoisotopic (exact) mass is 496 g/mol. The van der Waals surface area contributed by atoms with E-state index in [-0.39, 0.29) is 51.4 Å². The Balaban J connectivity index is 1.62. The molecule has 0 spiro atoms. The van der Waals surface area contributed by atoms with E-state index in [0.717, 1.165) is 51.4 Å². The number of rotatable bonds is 2. The summed E-state index contributed by atoms with van der Waals surface area (Å²) in [6.07, 6.45) is 9.77. The molecule has 4 fully saturated rings. The summed E-state index contributed by atoms with van der Waals surface area (Å²) in [4.78, 5) is 27.7. The van der Waals surface area contributed by atoms with E-state index in [1.54, 1.807) is 7.11 Å². The third-order valence-corrected chi connectivity index (χ3v) is 12.5. The fraction of sp³-hybridized carbons (Fsp3) is 0.812. The minimum absolute atomic E-state index is 0.0130. The SMILES string of the molecule is C=C1[C@H](OC)C[C@]2(C)C3=CC(=O)[C@@H]4[C@@H]5CC(C)(C)CC[C@]5(C(=O)OC)CC[C@@]4(C)[C@@H]3CC[C@H]2C1(C)C. The van der Waals surface area contributed by atoms with Crippen molar-refractivity contribution in [2.75, 3.05) is 14.2 Å². The molecule has 5 aliphatic carbocycles. The van der Waals surface area contributed by atoms with Crippen LogP contribution < -0.4 is 0 Å². The molecule has 200 valence electrons. The Kier molecular flexibility index (Phi) is 5.85. The minimum Gasteiger partial charge on any atom is -0.469 e. The molecule has 0 aromatic rings. The molecule has 4 saturated carbocycles. The second-order valence-electron chi connectivity index (χ2n) is 14.9. The van der Waals surface area contributed by atoms with Crippen LogP contribution in [-0.2, 0) is 19.1 Å². The van der Waals surface area contributed by atoms with E-state index in [1.165, 1.54) is 18.3 Å². The molecular formula is C32H48O4. The zero-order valence-electron chi connectivity index (χ0n) is 24.0. The number of carbonyl (C=O) groups is 2. The number of carbonyl (C=O) groups excluding carboxylic acids is 2. The minimum atomic E-state index is -0.512. The zero-order chi connectivity index (χ0) is 26.5. The molecule has 36 heavy (non-hydrogen) atoms. The molecule has 0 aromatic heterocycles. The summed E-state index contributed by atoms with van der Waals surface area (Å²) < 4.78 is 11.4. The summed E-state index contributed by atoms with van der Waals surface area (Å²) in [6, 6.07) is 0. The number of fused-ring (bicyclic) bond motifs is 7. The highest BCUT2D eigenvalue weighted by Crippen LogP contribution is 2.71. The Morgan fingerprint density at radius 2 is 1.64 bits per heavy atom. The van der Waals surface area contributed by atoms with Crippen molar-refractivity contribution in [2.24, 2.45) is 50.7 Å². The van der Waals surface area contributed by atoms with E-state index >= 15 is 0 Å². The fourth-order valence-corrected chi connectivity index (χ4v) is 10.4. The van der Waals surface area contributed by atoms with E-state index in [1.807, 2.05) is 0 Å². The van der Waals surface area contributed by atoms with Crippen LogP contribution in [-0.4, -0.2) is 32.1 Å². The van der Waals surface area contributed by atoms with Gasteiger partial charge in [0.15, 0.2) is 5.78 Å². The average Bonchev–Trinajstić information content (AvgIpc) is 2.81. The molecular weight excluding hydrogens is 448 g/mol. The van der Waals surface area contributed by atoms with Gasteiger partial charge in [0.25, 0.3) is 0 Å². The first-order valence-electron chi connectivity index (χ1n) is 14.2. The van der Waals surface area contributed by atoms with Gasteiger partial charge in [0, 0.05) is 13.0 Å². The van der Waals surface area contributed by atoms with Gasteiger partial charge in [0.2, 0.25) is 0 Å². The average molecular weight is 497 g/mol. The van der Waals surface area contributed by atoms with Crippen molar-refractivity contribution in [1.29, 1.82) is 0 Å². The molecule has 0 unspecified atom stereocenters. The molecule has 5 aliphatic rings. The van der Waals surface area contributed by atoms with Crippen LogP contribution in [0.3, 0.4) is 0 Å². The summed E-state index contributed by atoms with van der Waals surface area (Å²) in [5.74, 6) is 0.949. The predicted octanol–water partition coefficient (Wildman–Crippen LogP) is 6.93. The van der Waals surface area contributed by atoms with Gasteiger partial charge in [-0.1, -0.05) is 53.7 Å². The number of hydrogen-bond acceptors (Lipinski definition) is 4. The van der Waals surface area contributed by atoms with Crippen molar-refractivity contribution in [3.05, 3.63) is 23.8 Å². The van der Waals surface area contributed by atoms with Gasteiger partial charge in [0.1, 0.15) is 0 Å². The largest absolute Gasteiger partial charge is 0.469 e. The molecule has 0 heterocycles. The Labute approximate surface area is 218 Å². The topological polar surface area (TPSA) is 52.6 Å². The van der Waals surface area contributed by atoms with Crippen LogP contribution in [0.4, 0.5) is 0 Å². The van der Waals surface area contributed by atoms with E-state index in [0.29, 0.717) is 11.8 Å². The highest BCUT2D eigenvalue weighted by molar-refractivity contribution is 5.96. The number of ether oxygens (including phenoxy) is 2. The normalized spacial score (nSPS) is 47.0. The molecule has 4 heteroatoms.